The Balaban J connectivity index is 1.42. The molecule has 0 aliphatic heterocycles. The van der Waals surface area contributed by atoms with E-state index in [1.165, 1.54) is 17.8 Å². The molecule has 0 saturated heterocycles. The molecule has 42 heavy (non-hydrogen) atoms. The minimum atomic E-state index is -4.55. The average molecular weight is 592 g/mol. The largest absolute Gasteiger partial charge is 0.496 e. The van der Waals surface area contributed by atoms with E-state index >= 15 is 0 Å². The Bertz CT molecular complexity index is 1680. The van der Waals surface area contributed by atoms with E-state index in [2.05, 4.69) is 0 Å². The maximum Gasteiger partial charge on any atom is 0.449 e. The number of alkyl halides is 3. The van der Waals surface area contributed by atoms with Crippen LogP contribution in [0.2, 0.25) is 0 Å². The Hall–Kier alpha value is -4.21. The lowest BCUT2D eigenvalue weighted by atomic mass is 10.0. The highest BCUT2D eigenvalue weighted by molar-refractivity contribution is 8.00. The van der Waals surface area contributed by atoms with Gasteiger partial charge in [0, 0.05) is 23.5 Å². The van der Waals surface area contributed by atoms with Crippen molar-refractivity contribution in [1.29, 1.82) is 0 Å². The van der Waals surface area contributed by atoms with Crippen molar-refractivity contribution >= 4 is 28.5 Å². The molecule has 0 aliphatic carbocycles. The molecule has 0 bridgehead atoms. The Morgan fingerprint density at radius 3 is 2.38 bits per heavy atom. The Labute approximate surface area is 245 Å². The molecule has 4 aromatic carbocycles. The molecule has 5 nitrogen and oxygen atoms in total. The van der Waals surface area contributed by atoms with Crippen molar-refractivity contribution in [2.75, 3.05) is 12.9 Å². The summed E-state index contributed by atoms with van der Waals surface area (Å²) >= 11 is 1.26. The number of carbonyl (C=O) groups is 1. The summed E-state index contributed by atoms with van der Waals surface area (Å²) in [6.45, 7) is 1.02. The number of nitrogens with zero attached hydrogens (tertiary/aromatic N) is 1. The van der Waals surface area contributed by atoms with Crippen molar-refractivity contribution in [2.45, 2.75) is 30.7 Å². The molecule has 1 N–H and O–H groups in total. The highest BCUT2D eigenvalue weighted by atomic mass is 32.2. The van der Waals surface area contributed by atoms with Crippen LogP contribution >= 0.6 is 11.8 Å². The molecule has 0 amide bonds. The van der Waals surface area contributed by atoms with Crippen LogP contribution in [0.1, 0.15) is 22.6 Å². The number of methoxy groups -OCH3 is 1. The number of fused-ring (bicyclic) bond motifs is 1. The van der Waals surface area contributed by atoms with Crippen LogP contribution in [-0.4, -0.2) is 28.8 Å². The summed E-state index contributed by atoms with van der Waals surface area (Å²) in [4.78, 5) is 13.8. The first-order valence-electron chi connectivity index (χ1n) is 13.2. The fourth-order valence-electron chi connectivity index (χ4n) is 4.87. The van der Waals surface area contributed by atoms with Crippen molar-refractivity contribution in [3.63, 3.8) is 0 Å². The van der Waals surface area contributed by atoms with Gasteiger partial charge in [0.1, 0.15) is 11.5 Å². The molecule has 0 aliphatic rings. The van der Waals surface area contributed by atoms with Crippen LogP contribution in [0.5, 0.6) is 5.75 Å². The van der Waals surface area contributed by atoms with Gasteiger partial charge in [-0.25, -0.2) is 0 Å². The van der Waals surface area contributed by atoms with Gasteiger partial charge < -0.3 is 14.3 Å². The van der Waals surface area contributed by atoms with Gasteiger partial charge in [0.05, 0.1) is 19.4 Å². The summed E-state index contributed by atoms with van der Waals surface area (Å²) in [5.41, 5.74) is 3.84. The van der Waals surface area contributed by atoms with Gasteiger partial charge in [-0.15, -0.1) is 11.8 Å². The van der Waals surface area contributed by atoms with Gasteiger partial charge in [-0.2, -0.15) is 13.2 Å². The minimum absolute atomic E-state index is 0.0140. The minimum Gasteiger partial charge on any atom is -0.496 e. The van der Waals surface area contributed by atoms with Gasteiger partial charge in [-0.3, -0.25) is 9.69 Å². The van der Waals surface area contributed by atoms with Gasteiger partial charge in [-0.1, -0.05) is 66.7 Å². The van der Waals surface area contributed by atoms with Crippen LogP contribution in [0.4, 0.5) is 13.2 Å². The molecular weight excluding hydrogens is 563 g/mol. The fraction of sp³-hybridized carbons (Fsp3) is 0.182. The Morgan fingerprint density at radius 1 is 0.881 bits per heavy atom. The first-order chi connectivity index (χ1) is 20.2. The number of carboxylic acid groups (broad SMARTS) is 1. The van der Waals surface area contributed by atoms with Gasteiger partial charge in [0.2, 0.25) is 5.76 Å². The van der Waals surface area contributed by atoms with E-state index in [-0.39, 0.29) is 18.1 Å². The Kier molecular flexibility index (Phi) is 8.89. The molecule has 0 saturated carbocycles. The highest BCUT2D eigenvalue weighted by Gasteiger charge is 2.35. The van der Waals surface area contributed by atoms with E-state index in [9.17, 15) is 18.0 Å². The SMILES string of the molecule is COc1ccc2ccccc2c1CN(Cc1ccc(-c2cccc(SCC(=O)O)c2)cc1)Cc1ccc(C(F)(F)F)o1. The highest BCUT2D eigenvalue weighted by Crippen LogP contribution is 2.33. The molecule has 1 heterocycles. The van der Waals surface area contributed by atoms with Crippen LogP contribution in [0.15, 0.2) is 106 Å². The van der Waals surface area contributed by atoms with Gasteiger partial charge in [0.25, 0.3) is 0 Å². The maximum absolute atomic E-state index is 13.2. The van der Waals surface area contributed by atoms with Crippen LogP contribution < -0.4 is 4.74 Å². The average Bonchev–Trinajstić information content (AvgIpc) is 3.46. The molecule has 216 valence electrons. The summed E-state index contributed by atoms with van der Waals surface area (Å²) in [6, 6.07) is 29.8. The molecule has 0 radical (unpaired) electrons. The third-order valence-electron chi connectivity index (χ3n) is 6.81. The third kappa shape index (κ3) is 7.16. The molecule has 0 atom stereocenters. The van der Waals surface area contributed by atoms with Gasteiger partial charge in [0.15, 0.2) is 0 Å². The van der Waals surface area contributed by atoms with Crippen molar-refractivity contribution < 1.29 is 32.2 Å². The van der Waals surface area contributed by atoms with E-state index in [1.54, 1.807) is 7.11 Å². The van der Waals surface area contributed by atoms with E-state index in [1.807, 2.05) is 89.8 Å². The van der Waals surface area contributed by atoms with E-state index < -0.39 is 17.9 Å². The monoisotopic (exact) mass is 591 g/mol. The number of hydrogen-bond donors (Lipinski definition) is 1. The summed E-state index contributed by atoms with van der Waals surface area (Å²) in [5, 5.41) is 11.0. The van der Waals surface area contributed by atoms with Crippen molar-refractivity contribution in [1.82, 2.24) is 4.90 Å². The topological polar surface area (TPSA) is 62.9 Å². The summed E-state index contributed by atoms with van der Waals surface area (Å²) < 4.78 is 50.6. The van der Waals surface area contributed by atoms with Crippen LogP contribution in [-0.2, 0) is 30.6 Å². The van der Waals surface area contributed by atoms with Crippen molar-refractivity contribution in [2.24, 2.45) is 0 Å². The summed E-state index contributed by atoms with van der Waals surface area (Å²) in [7, 11) is 1.61. The molecular formula is C33H28F3NO4S. The molecule has 1 aromatic heterocycles. The number of aliphatic carboxylic acids is 1. The number of benzene rings is 4. The van der Waals surface area contributed by atoms with E-state index in [4.69, 9.17) is 14.3 Å². The molecule has 9 heteroatoms. The molecule has 0 fully saturated rings. The Morgan fingerprint density at radius 2 is 1.67 bits per heavy atom. The number of halogens is 3. The van der Waals surface area contributed by atoms with E-state index in [0.717, 1.165) is 44.0 Å². The molecule has 0 spiro atoms. The predicted octanol–water partition coefficient (Wildman–Crippen LogP) is 8.51. The number of rotatable bonds is 11. The lowest BCUT2D eigenvalue weighted by Crippen LogP contribution is -2.22. The second-order valence-electron chi connectivity index (χ2n) is 9.78. The second-order valence-corrected chi connectivity index (χ2v) is 10.8. The van der Waals surface area contributed by atoms with Gasteiger partial charge >= 0.3 is 12.1 Å². The molecule has 0 unspecified atom stereocenters. The first kappa shape index (κ1) is 29.3. The van der Waals surface area contributed by atoms with Crippen LogP contribution in [0, 0.1) is 0 Å². The number of furan rings is 1. The number of thioether (sulfide) groups is 1. The summed E-state index contributed by atoms with van der Waals surface area (Å²) in [5.74, 6) is -0.989. The van der Waals surface area contributed by atoms with Crippen molar-refractivity contribution in [3.8, 4) is 16.9 Å². The molecule has 5 rings (SSSR count). The number of hydrogen-bond acceptors (Lipinski definition) is 5. The number of carboxylic acids is 1. The first-order valence-corrected chi connectivity index (χ1v) is 14.1. The van der Waals surface area contributed by atoms with Crippen LogP contribution in [0.25, 0.3) is 21.9 Å². The normalized spacial score (nSPS) is 11.7. The zero-order chi connectivity index (χ0) is 29.7. The van der Waals surface area contributed by atoms with E-state index in [0.29, 0.717) is 18.8 Å². The zero-order valence-corrected chi connectivity index (χ0v) is 23.5. The van der Waals surface area contributed by atoms with Crippen molar-refractivity contribution in [3.05, 3.63) is 120 Å². The van der Waals surface area contributed by atoms with Crippen LogP contribution in [0.3, 0.4) is 0 Å². The third-order valence-corrected chi connectivity index (χ3v) is 7.79. The standard InChI is InChI=1S/C33H28F3NO4S/c1-40-30-15-13-24-5-2-3-8-28(24)29(30)20-37(19-26-14-16-31(41-26)33(34,35)36)18-22-9-11-23(12-10-22)25-6-4-7-27(17-25)42-21-32(38)39/h2-17H,18-21H2,1H3,(H,38,39). The summed E-state index contributed by atoms with van der Waals surface area (Å²) in [6.07, 6.45) is -4.55. The molecule has 5 aromatic rings. The lowest BCUT2D eigenvalue weighted by molar-refractivity contribution is -0.153. The lowest BCUT2D eigenvalue weighted by Gasteiger charge is -2.24. The number of ether oxygens (including phenoxy) is 1. The van der Waals surface area contributed by atoms with Gasteiger partial charge in [-0.05, 0) is 57.8 Å². The maximum atomic E-state index is 13.2. The smallest absolute Gasteiger partial charge is 0.449 e. The second kappa shape index (κ2) is 12.8. The quantitative estimate of drug-likeness (QED) is 0.155. The fourth-order valence-corrected chi connectivity index (χ4v) is 5.54. The predicted molar refractivity (Wildman–Crippen MR) is 157 cm³/mol. The zero-order valence-electron chi connectivity index (χ0n) is 22.7.